The van der Waals surface area contributed by atoms with Gasteiger partial charge in [-0.1, -0.05) is 44.0 Å². The molecule has 0 saturated heterocycles. The first-order valence-electron chi connectivity index (χ1n) is 8.51. The predicted molar refractivity (Wildman–Crippen MR) is 111 cm³/mol. The van der Waals surface area contributed by atoms with Gasteiger partial charge in [0.25, 0.3) is 0 Å². The number of anilines is 2. The molecule has 0 aliphatic heterocycles. The van der Waals surface area contributed by atoms with Crippen LogP contribution < -0.4 is 14.8 Å². The van der Waals surface area contributed by atoms with Crippen molar-refractivity contribution in [3.63, 3.8) is 0 Å². The van der Waals surface area contributed by atoms with Gasteiger partial charge in [0.1, 0.15) is 29.2 Å². The quantitative estimate of drug-likeness (QED) is 0.572. The van der Waals surface area contributed by atoms with Crippen LogP contribution >= 0.6 is 23.2 Å². The van der Waals surface area contributed by atoms with Gasteiger partial charge >= 0.3 is 0 Å². The smallest absolute Gasteiger partial charge is 0.175 e. The van der Waals surface area contributed by atoms with Gasteiger partial charge in [0, 0.05) is 16.8 Å². The summed E-state index contributed by atoms with van der Waals surface area (Å²) in [6.45, 7) is 6.03. The number of carbonyl (C=O) groups is 1. The summed E-state index contributed by atoms with van der Waals surface area (Å²) >= 11 is 11.1. The molecule has 0 radical (unpaired) electrons. The second kappa shape index (κ2) is 9.67. The summed E-state index contributed by atoms with van der Waals surface area (Å²) in [4.78, 5) is 11.9. The van der Waals surface area contributed by atoms with Gasteiger partial charge in [0.05, 0.1) is 0 Å². The van der Waals surface area contributed by atoms with Gasteiger partial charge in [-0.2, -0.15) is 0 Å². The molecular weight excluding hydrogens is 385 g/mol. The van der Waals surface area contributed by atoms with Crippen LogP contribution in [0.2, 0.25) is 0 Å². The molecule has 27 heavy (non-hydrogen) atoms. The number of Topliss-reactive ketones (excluding diaryl/α,β-unsaturated/α-hetero) is 1. The normalized spacial score (nSPS) is 10.9. The highest BCUT2D eigenvalue weighted by molar-refractivity contribution is 6.55. The second-order valence-corrected chi connectivity index (χ2v) is 7.95. The molecule has 0 unspecified atom stereocenters. The van der Waals surface area contributed by atoms with Gasteiger partial charge in [-0.25, -0.2) is 0 Å². The minimum Gasteiger partial charge on any atom is -0.489 e. The van der Waals surface area contributed by atoms with E-state index in [2.05, 4.69) is 5.32 Å². The van der Waals surface area contributed by atoms with E-state index in [1.54, 1.807) is 6.08 Å². The van der Waals surface area contributed by atoms with E-state index in [0.717, 1.165) is 17.1 Å². The van der Waals surface area contributed by atoms with Crippen LogP contribution in [0.1, 0.15) is 20.8 Å². The molecule has 0 amide bonds. The van der Waals surface area contributed by atoms with Crippen LogP contribution in [-0.4, -0.2) is 19.0 Å². The highest BCUT2D eigenvalue weighted by Gasteiger charge is 2.21. The zero-order chi connectivity index (χ0) is 19.9. The zero-order valence-electron chi connectivity index (χ0n) is 15.6. The number of halogens is 2. The van der Waals surface area contributed by atoms with Crippen molar-refractivity contribution in [2.75, 3.05) is 18.5 Å². The van der Waals surface area contributed by atoms with E-state index >= 15 is 0 Å². The van der Waals surface area contributed by atoms with Crippen molar-refractivity contribution in [2.45, 2.75) is 20.8 Å². The summed E-state index contributed by atoms with van der Waals surface area (Å²) in [5.41, 5.74) is 1.43. The van der Waals surface area contributed by atoms with Gasteiger partial charge in [0.2, 0.25) is 0 Å². The van der Waals surface area contributed by atoms with E-state index in [1.165, 1.54) is 0 Å². The van der Waals surface area contributed by atoms with Crippen molar-refractivity contribution in [1.29, 1.82) is 0 Å². The summed E-state index contributed by atoms with van der Waals surface area (Å²) in [5, 5.41) is 3.29. The lowest BCUT2D eigenvalue weighted by Gasteiger charge is -2.17. The highest BCUT2D eigenvalue weighted by Crippen LogP contribution is 2.23. The van der Waals surface area contributed by atoms with Gasteiger partial charge in [0.15, 0.2) is 5.78 Å². The Kier molecular flexibility index (Phi) is 7.57. The Morgan fingerprint density at radius 3 is 1.85 bits per heavy atom. The molecule has 6 heteroatoms. The standard InChI is InChI=1S/C21H23Cl2NO3/c1-21(2,3)19(25)14-27-18-10-6-16(7-11-18)24-15-4-8-17(9-5-15)26-13-12-20(22)23/h4-12,24H,13-14H2,1-3H3. The summed E-state index contributed by atoms with van der Waals surface area (Å²) < 4.78 is 11.2. The minimum absolute atomic E-state index is 0.0656. The summed E-state index contributed by atoms with van der Waals surface area (Å²) in [6, 6.07) is 15.0. The first-order chi connectivity index (χ1) is 12.7. The number of nitrogens with one attached hydrogen (secondary N) is 1. The second-order valence-electron chi connectivity index (χ2n) is 6.94. The topological polar surface area (TPSA) is 47.6 Å². The maximum Gasteiger partial charge on any atom is 0.175 e. The molecule has 2 rings (SSSR count). The molecule has 0 aliphatic carbocycles. The van der Waals surface area contributed by atoms with Gasteiger partial charge < -0.3 is 14.8 Å². The van der Waals surface area contributed by atoms with Gasteiger partial charge in [-0.3, -0.25) is 4.79 Å². The number of hydrogen-bond donors (Lipinski definition) is 1. The first-order valence-corrected chi connectivity index (χ1v) is 9.27. The Hall–Kier alpha value is -2.17. The zero-order valence-corrected chi connectivity index (χ0v) is 17.1. The van der Waals surface area contributed by atoms with Crippen molar-refractivity contribution < 1.29 is 14.3 Å². The third-order valence-corrected chi connectivity index (χ3v) is 4.00. The van der Waals surface area contributed by atoms with E-state index in [1.807, 2.05) is 69.3 Å². The van der Waals surface area contributed by atoms with E-state index in [0.29, 0.717) is 12.4 Å². The summed E-state index contributed by atoms with van der Waals surface area (Å²) in [7, 11) is 0. The van der Waals surface area contributed by atoms with Crippen LogP contribution in [0.3, 0.4) is 0 Å². The number of carbonyl (C=O) groups excluding carboxylic acids is 1. The van der Waals surface area contributed by atoms with E-state index in [-0.39, 0.29) is 16.9 Å². The minimum atomic E-state index is -0.399. The molecule has 0 fully saturated rings. The third-order valence-electron chi connectivity index (χ3n) is 3.69. The van der Waals surface area contributed by atoms with Crippen molar-refractivity contribution in [1.82, 2.24) is 0 Å². The van der Waals surface area contributed by atoms with E-state index in [4.69, 9.17) is 32.7 Å². The van der Waals surface area contributed by atoms with Crippen LogP contribution in [0.5, 0.6) is 11.5 Å². The molecule has 0 bridgehead atoms. The lowest BCUT2D eigenvalue weighted by molar-refractivity contribution is -0.128. The number of benzene rings is 2. The Morgan fingerprint density at radius 2 is 1.41 bits per heavy atom. The van der Waals surface area contributed by atoms with Gasteiger partial charge in [-0.05, 0) is 54.6 Å². The highest BCUT2D eigenvalue weighted by atomic mass is 35.5. The number of ether oxygens (including phenoxy) is 2. The molecule has 0 aromatic heterocycles. The van der Waals surface area contributed by atoms with Crippen LogP contribution in [0, 0.1) is 5.41 Å². The van der Waals surface area contributed by atoms with Crippen LogP contribution in [0.25, 0.3) is 0 Å². The third kappa shape index (κ3) is 7.53. The van der Waals surface area contributed by atoms with Crippen molar-refractivity contribution in [3.8, 4) is 11.5 Å². The summed E-state index contributed by atoms with van der Waals surface area (Å²) in [6.07, 6.45) is 1.58. The van der Waals surface area contributed by atoms with Crippen molar-refractivity contribution in [3.05, 3.63) is 59.1 Å². The molecule has 0 saturated carbocycles. The monoisotopic (exact) mass is 407 g/mol. The molecular formula is C21H23Cl2NO3. The Morgan fingerprint density at radius 1 is 0.926 bits per heavy atom. The van der Waals surface area contributed by atoms with Crippen LogP contribution in [0.15, 0.2) is 59.1 Å². The van der Waals surface area contributed by atoms with Crippen LogP contribution in [0.4, 0.5) is 11.4 Å². The molecule has 2 aromatic rings. The number of rotatable bonds is 8. The maximum absolute atomic E-state index is 11.9. The first kappa shape index (κ1) is 21.1. The molecule has 4 nitrogen and oxygen atoms in total. The van der Waals surface area contributed by atoms with Gasteiger partial charge in [-0.15, -0.1) is 0 Å². The molecule has 1 N–H and O–H groups in total. The lowest BCUT2D eigenvalue weighted by atomic mass is 9.91. The lowest BCUT2D eigenvalue weighted by Crippen LogP contribution is -2.26. The van der Waals surface area contributed by atoms with Crippen molar-refractivity contribution >= 4 is 40.4 Å². The average Bonchev–Trinajstić information content (AvgIpc) is 2.61. The number of ketones is 1. The average molecular weight is 408 g/mol. The fourth-order valence-corrected chi connectivity index (χ4v) is 2.13. The fraction of sp³-hybridized carbons (Fsp3) is 0.286. The number of hydrogen-bond acceptors (Lipinski definition) is 4. The molecule has 0 aliphatic rings. The molecule has 0 spiro atoms. The summed E-state index contributed by atoms with van der Waals surface area (Å²) in [5.74, 6) is 1.45. The van der Waals surface area contributed by atoms with E-state index < -0.39 is 5.41 Å². The van der Waals surface area contributed by atoms with Crippen LogP contribution in [-0.2, 0) is 4.79 Å². The Labute approximate surface area is 170 Å². The molecule has 0 heterocycles. The fourth-order valence-electron chi connectivity index (χ4n) is 2.00. The molecule has 0 atom stereocenters. The Bertz CT molecular complexity index is 775. The SMILES string of the molecule is CC(C)(C)C(=O)COc1ccc(Nc2ccc(OCC=C(Cl)Cl)cc2)cc1. The Balaban J connectivity index is 1.87. The van der Waals surface area contributed by atoms with Crippen molar-refractivity contribution in [2.24, 2.45) is 5.41 Å². The molecule has 144 valence electrons. The molecule has 2 aromatic carbocycles. The predicted octanol–water partition coefficient (Wildman–Crippen LogP) is 6.12. The largest absolute Gasteiger partial charge is 0.489 e. The maximum atomic E-state index is 11.9. The van der Waals surface area contributed by atoms with E-state index in [9.17, 15) is 4.79 Å².